The molecule has 0 atom stereocenters. The third kappa shape index (κ3) is 2.62. The molecule has 1 aliphatic rings. The molecule has 0 aliphatic heterocycles. The third-order valence-electron chi connectivity index (χ3n) is 4.26. The molecular weight excluding hydrogens is 304 g/mol. The van der Waals surface area contributed by atoms with Gasteiger partial charge in [-0.15, -0.1) is 5.10 Å². The number of aromatic nitrogens is 2. The molecule has 0 spiro atoms. The minimum absolute atomic E-state index is 0.318. The lowest BCUT2D eigenvalue weighted by Gasteiger charge is -2.04. The van der Waals surface area contributed by atoms with E-state index in [2.05, 4.69) is 11.2 Å². The van der Waals surface area contributed by atoms with Crippen LogP contribution in [0.1, 0.15) is 40.4 Å². The molecule has 5 nitrogen and oxygen atoms in total. The average molecular weight is 322 g/mol. The Morgan fingerprint density at radius 2 is 1.96 bits per heavy atom. The van der Waals surface area contributed by atoms with E-state index in [-0.39, 0.29) is 0 Å². The number of fused-ring (bicyclic) bond motifs is 1. The Bertz CT molecular complexity index is 882. The van der Waals surface area contributed by atoms with Crippen LogP contribution in [0.4, 0.5) is 0 Å². The van der Waals surface area contributed by atoms with Crippen LogP contribution in [0.15, 0.2) is 48.5 Å². The summed E-state index contributed by atoms with van der Waals surface area (Å²) in [5, 5.41) is 4.55. The van der Waals surface area contributed by atoms with Crippen LogP contribution in [0.25, 0.3) is 5.52 Å². The zero-order chi connectivity index (χ0) is 16.5. The van der Waals surface area contributed by atoms with Crippen LogP contribution in [-0.4, -0.2) is 22.7 Å². The lowest BCUT2D eigenvalue weighted by atomic mass is 10.2. The summed E-state index contributed by atoms with van der Waals surface area (Å²) >= 11 is 0. The summed E-state index contributed by atoms with van der Waals surface area (Å²) in [4.78, 5) is 12.3. The van der Waals surface area contributed by atoms with Crippen LogP contribution >= 0.6 is 0 Å². The molecule has 1 saturated carbocycles. The van der Waals surface area contributed by atoms with Gasteiger partial charge in [-0.2, -0.15) is 0 Å². The van der Waals surface area contributed by atoms with Crippen molar-refractivity contribution in [3.63, 3.8) is 0 Å². The number of hydrogen-bond acceptors (Lipinski definition) is 4. The van der Waals surface area contributed by atoms with Gasteiger partial charge in [-0.25, -0.2) is 9.31 Å². The second kappa shape index (κ2) is 6.00. The molecular formula is C19H18N2O3. The van der Waals surface area contributed by atoms with Gasteiger partial charge in [0.15, 0.2) is 0 Å². The van der Waals surface area contributed by atoms with Crippen molar-refractivity contribution in [1.82, 2.24) is 9.61 Å². The van der Waals surface area contributed by atoms with Gasteiger partial charge in [0, 0.05) is 11.6 Å². The maximum Gasteiger partial charge on any atom is 0.345 e. The van der Waals surface area contributed by atoms with Gasteiger partial charge in [0.2, 0.25) is 5.88 Å². The van der Waals surface area contributed by atoms with Gasteiger partial charge in [-0.1, -0.05) is 36.4 Å². The molecule has 5 heteroatoms. The van der Waals surface area contributed by atoms with Gasteiger partial charge in [0.1, 0.15) is 12.2 Å². The molecule has 2 aromatic heterocycles. The van der Waals surface area contributed by atoms with Gasteiger partial charge in [-0.05, 0) is 30.5 Å². The van der Waals surface area contributed by atoms with Crippen LogP contribution < -0.4 is 4.74 Å². The normalized spacial score (nSPS) is 13.9. The highest BCUT2D eigenvalue weighted by Gasteiger charge is 2.29. The minimum atomic E-state index is -0.430. The lowest BCUT2D eigenvalue weighted by Crippen LogP contribution is -2.04. The maximum absolute atomic E-state index is 12.3. The Morgan fingerprint density at radius 3 is 2.67 bits per heavy atom. The summed E-state index contributed by atoms with van der Waals surface area (Å²) in [6, 6.07) is 15.7. The Kier molecular flexibility index (Phi) is 3.69. The van der Waals surface area contributed by atoms with Gasteiger partial charge >= 0.3 is 5.97 Å². The molecule has 0 saturated heterocycles. The summed E-state index contributed by atoms with van der Waals surface area (Å²) in [6.07, 6.45) is 2.32. The molecule has 0 N–H and O–H groups in total. The molecule has 0 bridgehead atoms. The Morgan fingerprint density at radius 1 is 1.17 bits per heavy atom. The van der Waals surface area contributed by atoms with E-state index < -0.39 is 5.97 Å². The lowest BCUT2D eigenvalue weighted by molar-refractivity contribution is 0.0597. The van der Waals surface area contributed by atoms with E-state index in [4.69, 9.17) is 9.47 Å². The van der Waals surface area contributed by atoms with Crippen LogP contribution in [0.5, 0.6) is 5.88 Å². The first-order valence-corrected chi connectivity index (χ1v) is 8.04. The highest BCUT2D eigenvalue weighted by molar-refractivity contribution is 5.99. The predicted octanol–water partition coefficient (Wildman–Crippen LogP) is 3.58. The van der Waals surface area contributed by atoms with E-state index in [9.17, 15) is 4.79 Å². The first-order valence-electron chi connectivity index (χ1n) is 8.04. The second-order valence-electron chi connectivity index (χ2n) is 5.97. The number of nitrogens with zero attached hydrogens (tertiary/aromatic N) is 2. The molecule has 0 radical (unpaired) electrons. The first-order chi connectivity index (χ1) is 11.8. The number of benzene rings is 1. The molecule has 122 valence electrons. The summed E-state index contributed by atoms with van der Waals surface area (Å²) < 4.78 is 12.6. The fourth-order valence-electron chi connectivity index (χ4n) is 2.88. The van der Waals surface area contributed by atoms with Crippen molar-refractivity contribution in [2.24, 2.45) is 0 Å². The average Bonchev–Trinajstić information content (AvgIpc) is 3.40. The summed E-state index contributed by atoms with van der Waals surface area (Å²) in [5.74, 6) is 0.404. The van der Waals surface area contributed by atoms with Crippen LogP contribution in [0.3, 0.4) is 0 Å². The van der Waals surface area contributed by atoms with Crippen molar-refractivity contribution >= 4 is 11.5 Å². The van der Waals surface area contributed by atoms with E-state index in [1.54, 1.807) is 0 Å². The smallest absolute Gasteiger partial charge is 0.345 e. The SMILES string of the molecule is COC(=O)c1c(OCc2ccccc2)nn2c(C3CC3)cccc12. The quantitative estimate of drug-likeness (QED) is 0.674. The molecule has 1 aromatic carbocycles. The van der Waals surface area contributed by atoms with Crippen LogP contribution in [0, 0.1) is 0 Å². The van der Waals surface area contributed by atoms with E-state index >= 15 is 0 Å². The predicted molar refractivity (Wildman–Crippen MR) is 89.3 cm³/mol. The summed E-state index contributed by atoms with van der Waals surface area (Å²) in [7, 11) is 1.37. The molecule has 2 heterocycles. The molecule has 24 heavy (non-hydrogen) atoms. The largest absolute Gasteiger partial charge is 0.471 e. The zero-order valence-corrected chi connectivity index (χ0v) is 13.4. The topological polar surface area (TPSA) is 52.8 Å². The third-order valence-corrected chi connectivity index (χ3v) is 4.26. The Hall–Kier alpha value is -2.82. The summed E-state index contributed by atoms with van der Waals surface area (Å²) in [6.45, 7) is 0.355. The molecule has 1 fully saturated rings. The molecule has 3 aromatic rings. The van der Waals surface area contributed by atoms with Crippen molar-refractivity contribution < 1.29 is 14.3 Å². The number of pyridine rings is 1. The monoisotopic (exact) mass is 322 g/mol. The van der Waals surface area contributed by atoms with Crippen molar-refractivity contribution in [2.75, 3.05) is 7.11 Å². The van der Waals surface area contributed by atoms with Crippen molar-refractivity contribution in [2.45, 2.75) is 25.4 Å². The number of esters is 1. The fourth-order valence-corrected chi connectivity index (χ4v) is 2.88. The fraction of sp³-hybridized carbons (Fsp3) is 0.263. The van der Waals surface area contributed by atoms with E-state index in [1.165, 1.54) is 7.11 Å². The number of ether oxygens (including phenoxy) is 2. The zero-order valence-electron chi connectivity index (χ0n) is 13.4. The molecule has 0 unspecified atom stereocenters. The van der Waals surface area contributed by atoms with Crippen LogP contribution in [0.2, 0.25) is 0 Å². The summed E-state index contributed by atoms with van der Waals surface area (Å²) in [5.41, 5.74) is 3.25. The number of carbonyl (C=O) groups is 1. The Balaban J connectivity index is 1.75. The highest BCUT2D eigenvalue weighted by atomic mass is 16.5. The molecule has 0 amide bonds. The standard InChI is InChI=1S/C19H18N2O3/c1-23-19(22)17-16-9-5-8-15(14-10-11-14)21(16)20-18(17)24-12-13-6-3-2-4-7-13/h2-9,14H,10-12H2,1H3. The van der Waals surface area contributed by atoms with Crippen molar-refractivity contribution in [1.29, 1.82) is 0 Å². The van der Waals surface area contributed by atoms with Gasteiger partial charge in [0.25, 0.3) is 0 Å². The minimum Gasteiger partial charge on any atom is -0.471 e. The maximum atomic E-state index is 12.3. The van der Waals surface area contributed by atoms with E-state index in [1.807, 2.05) is 47.0 Å². The second-order valence-corrected chi connectivity index (χ2v) is 5.97. The number of hydrogen-bond donors (Lipinski definition) is 0. The van der Waals surface area contributed by atoms with E-state index in [0.29, 0.717) is 24.0 Å². The molecule has 4 rings (SSSR count). The van der Waals surface area contributed by atoms with Gasteiger partial charge in [-0.3, -0.25) is 0 Å². The Labute approximate surface area is 139 Å². The number of methoxy groups -OCH3 is 1. The van der Waals surface area contributed by atoms with Gasteiger partial charge < -0.3 is 9.47 Å². The van der Waals surface area contributed by atoms with Crippen molar-refractivity contribution in [3.05, 3.63) is 65.4 Å². The highest BCUT2D eigenvalue weighted by Crippen LogP contribution is 2.40. The van der Waals surface area contributed by atoms with Crippen LogP contribution in [-0.2, 0) is 11.3 Å². The van der Waals surface area contributed by atoms with Gasteiger partial charge in [0.05, 0.1) is 12.6 Å². The first kappa shape index (κ1) is 14.8. The number of carbonyl (C=O) groups excluding carboxylic acids is 1. The van der Waals surface area contributed by atoms with Crippen molar-refractivity contribution in [3.8, 4) is 5.88 Å². The van der Waals surface area contributed by atoms with E-state index in [0.717, 1.165) is 29.6 Å². The number of rotatable bonds is 5. The molecule has 1 aliphatic carbocycles.